The Kier molecular flexibility index (Phi) is 7.00. The number of amides is 2. The van der Waals surface area contributed by atoms with Crippen LogP contribution in [0, 0.1) is 0 Å². The van der Waals surface area contributed by atoms with E-state index in [0.717, 1.165) is 5.56 Å². The Balaban J connectivity index is 1.64. The monoisotopic (exact) mass is 428 g/mol. The molecule has 1 aliphatic heterocycles. The van der Waals surface area contributed by atoms with Gasteiger partial charge in [-0.2, -0.15) is 0 Å². The molecule has 3 rings (SSSR count). The first kappa shape index (κ1) is 21.0. The Morgan fingerprint density at radius 2 is 1.83 bits per heavy atom. The Labute approximate surface area is 178 Å². The fourth-order valence-electron chi connectivity index (χ4n) is 2.89. The summed E-state index contributed by atoms with van der Waals surface area (Å²) < 4.78 is 5.47. The number of para-hydroxylation sites is 1. The maximum absolute atomic E-state index is 12.7. The van der Waals surface area contributed by atoms with Gasteiger partial charge in [-0.1, -0.05) is 66.4 Å². The molecule has 2 aromatic rings. The summed E-state index contributed by atoms with van der Waals surface area (Å²) in [5.74, 6) is -1.06. The lowest BCUT2D eigenvalue weighted by molar-refractivity contribution is -0.128. The fourth-order valence-corrected chi connectivity index (χ4v) is 4.38. The number of carbonyl (C=O) groups is 3. The molecular weight excluding hydrogens is 408 g/mol. The van der Waals surface area contributed by atoms with Crippen LogP contribution in [-0.2, 0) is 20.9 Å². The van der Waals surface area contributed by atoms with Crippen molar-refractivity contribution in [3.8, 4) is 0 Å². The smallest absolute Gasteiger partial charge is 0.340 e. The number of esters is 1. The summed E-state index contributed by atoms with van der Waals surface area (Å²) in [5.41, 5.74) is 1.60. The van der Waals surface area contributed by atoms with Crippen molar-refractivity contribution in [2.24, 2.45) is 0 Å². The number of carbonyl (C=O) groups excluding carboxylic acids is 3. The van der Waals surface area contributed by atoms with Gasteiger partial charge >= 0.3 is 5.97 Å². The van der Waals surface area contributed by atoms with Gasteiger partial charge in [0.2, 0.25) is 11.8 Å². The molecule has 0 aromatic heterocycles. The van der Waals surface area contributed by atoms with Crippen LogP contribution in [0.3, 0.4) is 0 Å². The number of nitrogens with zero attached hydrogens (tertiary/aromatic N) is 1. The van der Waals surface area contributed by atoms with Crippen molar-refractivity contribution in [3.63, 3.8) is 0 Å². The molecule has 8 heteroatoms. The molecule has 0 saturated carbocycles. The third-order valence-corrected chi connectivity index (χ3v) is 5.84. The highest BCUT2D eigenvalue weighted by Gasteiger charge is 2.38. The van der Waals surface area contributed by atoms with E-state index in [9.17, 15) is 14.4 Å². The van der Waals surface area contributed by atoms with Crippen molar-refractivity contribution < 1.29 is 19.1 Å². The summed E-state index contributed by atoms with van der Waals surface area (Å²) in [6, 6.07) is 16.2. The highest BCUT2D eigenvalue weighted by Crippen LogP contribution is 2.31. The maximum Gasteiger partial charge on any atom is 0.340 e. The van der Waals surface area contributed by atoms with Gasteiger partial charge in [0.05, 0.1) is 29.7 Å². The quantitative estimate of drug-likeness (QED) is 0.536. The third-order valence-electron chi connectivity index (χ3n) is 4.26. The molecule has 2 amide bonds. The third kappa shape index (κ3) is 5.21. The van der Waals surface area contributed by atoms with Crippen LogP contribution in [0.1, 0.15) is 29.3 Å². The first-order valence-corrected chi connectivity index (χ1v) is 10.4. The molecule has 0 radical (unpaired) electrons. The molecule has 1 N–H and O–H groups in total. The number of ether oxygens (including phenoxy) is 1. The van der Waals surface area contributed by atoms with Crippen LogP contribution in [0.15, 0.2) is 54.6 Å². The summed E-state index contributed by atoms with van der Waals surface area (Å²) in [6.07, 6.45) is -0.0356. The van der Waals surface area contributed by atoms with Gasteiger partial charge < -0.3 is 10.1 Å². The van der Waals surface area contributed by atoms with Crippen LogP contribution >= 0.6 is 24.0 Å². The minimum absolute atomic E-state index is 0.0356. The topological polar surface area (TPSA) is 75.7 Å². The molecule has 0 unspecified atom stereocenters. The van der Waals surface area contributed by atoms with Gasteiger partial charge in [-0.3, -0.25) is 14.5 Å². The standard InChI is InChI=1S/C21H20N2O4S2/c1-2-27-20(26)15-10-6-7-11-16(15)22-18(24)12-17-19(25)23(21(28)29-17)13-14-8-4-3-5-9-14/h3-11,17H,2,12-13H2,1H3,(H,22,24)/t17-/m0/s1. The predicted octanol–water partition coefficient (Wildman–Crippen LogP) is 3.62. The SMILES string of the molecule is CCOC(=O)c1ccccc1NC(=O)C[C@@H]1SC(=S)N(Cc2ccccc2)C1=O. The van der Waals surface area contributed by atoms with Gasteiger partial charge in [-0.25, -0.2) is 4.79 Å². The number of anilines is 1. The molecule has 1 atom stereocenters. The lowest BCUT2D eigenvalue weighted by Gasteiger charge is -2.15. The molecule has 6 nitrogen and oxygen atoms in total. The van der Waals surface area contributed by atoms with Crippen LogP contribution in [0.5, 0.6) is 0 Å². The number of benzene rings is 2. The first-order valence-electron chi connectivity index (χ1n) is 9.11. The van der Waals surface area contributed by atoms with Gasteiger partial charge in [0.25, 0.3) is 0 Å². The average Bonchev–Trinajstić information content (AvgIpc) is 2.96. The second kappa shape index (κ2) is 9.67. The molecule has 1 fully saturated rings. The molecule has 0 aliphatic carbocycles. The molecule has 29 heavy (non-hydrogen) atoms. The van der Waals surface area contributed by atoms with E-state index in [1.54, 1.807) is 31.2 Å². The highest BCUT2D eigenvalue weighted by molar-refractivity contribution is 8.24. The van der Waals surface area contributed by atoms with Gasteiger partial charge in [-0.15, -0.1) is 0 Å². The van der Waals surface area contributed by atoms with Gasteiger partial charge in [-0.05, 0) is 24.6 Å². The Morgan fingerprint density at radius 1 is 1.14 bits per heavy atom. The lowest BCUT2D eigenvalue weighted by atomic mass is 10.1. The van der Waals surface area contributed by atoms with E-state index < -0.39 is 11.2 Å². The lowest BCUT2D eigenvalue weighted by Crippen LogP contribution is -2.32. The second-order valence-corrected chi connectivity index (χ2v) is 8.14. The van der Waals surface area contributed by atoms with Crippen molar-refractivity contribution in [2.45, 2.75) is 25.1 Å². The molecule has 1 saturated heterocycles. The van der Waals surface area contributed by atoms with Crippen LogP contribution in [0.4, 0.5) is 5.69 Å². The van der Waals surface area contributed by atoms with E-state index in [1.165, 1.54) is 16.7 Å². The molecule has 1 aliphatic rings. The fraction of sp³-hybridized carbons (Fsp3) is 0.238. The van der Waals surface area contributed by atoms with E-state index in [-0.39, 0.29) is 30.4 Å². The normalized spacial score (nSPS) is 16.0. The zero-order valence-electron chi connectivity index (χ0n) is 15.8. The zero-order chi connectivity index (χ0) is 20.8. The van der Waals surface area contributed by atoms with E-state index >= 15 is 0 Å². The highest BCUT2D eigenvalue weighted by atomic mass is 32.2. The van der Waals surface area contributed by atoms with Crippen molar-refractivity contribution >= 4 is 51.8 Å². The Hall–Kier alpha value is -2.71. The van der Waals surface area contributed by atoms with Crippen LogP contribution in [-0.4, -0.2) is 38.9 Å². The molecule has 0 spiro atoms. The molecule has 1 heterocycles. The number of rotatable bonds is 7. The number of thiocarbonyl (C=S) groups is 1. The summed E-state index contributed by atoms with van der Waals surface area (Å²) in [4.78, 5) is 38.8. The second-order valence-electron chi connectivity index (χ2n) is 6.30. The average molecular weight is 429 g/mol. The Morgan fingerprint density at radius 3 is 2.55 bits per heavy atom. The van der Waals surface area contributed by atoms with E-state index in [0.29, 0.717) is 16.6 Å². The number of hydrogen-bond donors (Lipinski definition) is 1. The maximum atomic E-state index is 12.7. The van der Waals surface area contributed by atoms with E-state index in [4.69, 9.17) is 17.0 Å². The first-order chi connectivity index (χ1) is 14.0. The van der Waals surface area contributed by atoms with E-state index in [1.807, 2.05) is 30.3 Å². The molecule has 150 valence electrons. The summed E-state index contributed by atoms with van der Waals surface area (Å²) in [6.45, 7) is 2.34. The summed E-state index contributed by atoms with van der Waals surface area (Å²) in [5, 5.41) is 2.13. The predicted molar refractivity (Wildman–Crippen MR) is 117 cm³/mol. The van der Waals surface area contributed by atoms with Gasteiger partial charge in [0.15, 0.2) is 0 Å². The molecule has 0 bridgehead atoms. The minimum atomic E-state index is -0.582. The van der Waals surface area contributed by atoms with Gasteiger partial charge in [0.1, 0.15) is 4.32 Å². The minimum Gasteiger partial charge on any atom is -0.462 e. The molecular formula is C21H20N2O4S2. The number of thioether (sulfide) groups is 1. The Bertz CT molecular complexity index is 933. The van der Waals surface area contributed by atoms with Crippen LogP contribution in [0.25, 0.3) is 0 Å². The van der Waals surface area contributed by atoms with Crippen molar-refractivity contribution in [3.05, 3.63) is 65.7 Å². The van der Waals surface area contributed by atoms with Crippen molar-refractivity contribution in [1.82, 2.24) is 4.90 Å². The van der Waals surface area contributed by atoms with Gasteiger partial charge in [0, 0.05) is 6.42 Å². The van der Waals surface area contributed by atoms with Crippen LogP contribution < -0.4 is 5.32 Å². The van der Waals surface area contributed by atoms with Crippen LogP contribution in [0.2, 0.25) is 0 Å². The van der Waals surface area contributed by atoms with Crippen molar-refractivity contribution in [1.29, 1.82) is 0 Å². The largest absolute Gasteiger partial charge is 0.462 e. The van der Waals surface area contributed by atoms with E-state index in [2.05, 4.69) is 5.32 Å². The summed E-state index contributed by atoms with van der Waals surface area (Å²) in [7, 11) is 0. The number of nitrogens with one attached hydrogen (secondary N) is 1. The molecule has 2 aromatic carbocycles. The zero-order valence-corrected chi connectivity index (χ0v) is 17.4. The van der Waals surface area contributed by atoms with Crippen molar-refractivity contribution in [2.75, 3.05) is 11.9 Å². The summed E-state index contributed by atoms with van der Waals surface area (Å²) >= 11 is 6.55. The number of hydrogen-bond acceptors (Lipinski definition) is 6.